The maximum absolute atomic E-state index is 11.3. The number of anilines is 1. The molecule has 0 aliphatic carbocycles. The van der Waals surface area contributed by atoms with E-state index in [4.69, 9.17) is 15.5 Å². The normalized spacial score (nSPS) is 14.9. The van der Waals surface area contributed by atoms with Gasteiger partial charge in [-0.15, -0.1) is 0 Å². The smallest absolute Gasteiger partial charge is 0.318 e. The number of aromatic nitrogens is 2. The van der Waals surface area contributed by atoms with Gasteiger partial charge in [0.15, 0.2) is 4.96 Å². The van der Waals surface area contributed by atoms with Crippen LogP contribution in [0.4, 0.5) is 10.5 Å². The Morgan fingerprint density at radius 2 is 1.97 bits per heavy atom. The van der Waals surface area contributed by atoms with Crippen molar-refractivity contribution < 1.29 is 9.53 Å². The van der Waals surface area contributed by atoms with E-state index in [1.165, 1.54) is 27.1 Å². The number of imidazole rings is 1. The highest BCUT2D eigenvalue weighted by Gasteiger charge is 2.13. The third-order valence-corrected chi connectivity index (χ3v) is 7.10. The molecule has 0 spiro atoms. The number of carbonyl (C=O) groups is 1. The van der Waals surface area contributed by atoms with Crippen LogP contribution in [-0.4, -0.2) is 60.2 Å². The molecule has 1 fully saturated rings. The molecule has 8 heteroatoms. The number of primary amides is 1. The van der Waals surface area contributed by atoms with Gasteiger partial charge >= 0.3 is 6.03 Å². The van der Waals surface area contributed by atoms with E-state index >= 15 is 0 Å². The summed E-state index contributed by atoms with van der Waals surface area (Å²) in [6, 6.07) is 14.0. The van der Waals surface area contributed by atoms with Crippen LogP contribution >= 0.6 is 11.3 Å². The molecule has 0 unspecified atom stereocenters. The average molecular weight is 450 g/mol. The van der Waals surface area contributed by atoms with E-state index in [1.54, 1.807) is 18.4 Å². The van der Waals surface area contributed by atoms with E-state index in [2.05, 4.69) is 33.7 Å². The summed E-state index contributed by atoms with van der Waals surface area (Å²) in [5.74, 6) is 0. The number of hydrogen-bond donors (Lipinski definition) is 1. The predicted octanol–water partition coefficient (Wildman–Crippen LogP) is 4.00. The van der Waals surface area contributed by atoms with Gasteiger partial charge in [-0.3, -0.25) is 14.2 Å². The topological polar surface area (TPSA) is 76.1 Å². The molecule has 2 amide bonds. The molecular weight excluding hydrogens is 422 g/mol. The van der Waals surface area contributed by atoms with E-state index in [0.717, 1.165) is 61.2 Å². The van der Waals surface area contributed by atoms with Crippen LogP contribution in [0.3, 0.4) is 0 Å². The third kappa shape index (κ3) is 4.21. The Morgan fingerprint density at radius 3 is 2.72 bits per heavy atom. The van der Waals surface area contributed by atoms with Crippen molar-refractivity contribution >= 4 is 38.2 Å². The summed E-state index contributed by atoms with van der Waals surface area (Å²) in [5, 5.41) is 0. The summed E-state index contributed by atoms with van der Waals surface area (Å²) < 4.78 is 8.85. The number of morpholine rings is 1. The predicted molar refractivity (Wildman–Crippen MR) is 130 cm³/mol. The van der Waals surface area contributed by atoms with Gasteiger partial charge < -0.3 is 10.5 Å². The van der Waals surface area contributed by atoms with Crippen molar-refractivity contribution in [1.29, 1.82) is 0 Å². The number of benzene rings is 2. The van der Waals surface area contributed by atoms with E-state index < -0.39 is 6.03 Å². The Balaban J connectivity index is 1.31. The molecule has 4 aromatic rings. The lowest BCUT2D eigenvalue weighted by Gasteiger charge is -2.26. The summed E-state index contributed by atoms with van der Waals surface area (Å²) in [6.45, 7) is 4.95. The number of ether oxygens (including phenoxy) is 1. The lowest BCUT2D eigenvalue weighted by molar-refractivity contribution is 0.0375. The number of nitrogens with two attached hydrogens (primary N) is 1. The molecule has 2 aromatic carbocycles. The fourth-order valence-corrected chi connectivity index (χ4v) is 5.23. The van der Waals surface area contributed by atoms with Crippen molar-refractivity contribution in [3.8, 4) is 11.3 Å². The van der Waals surface area contributed by atoms with Crippen LogP contribution in [0.5, 0.6) is 0 Å². The lowest BCUT2D eigenvalue weighted by atomic mass is 10.1. The zero-order valence-corrected chi connectivity index (χ0v) is 19.0. The number of amides is 2. The lowest BCUT2D eigenvalue weighted by Crippen LogP contribution is -2.36. The fourth-order valence-electron chi connectivity index (χ4n) is 4.15. The van der Waals surface area contributed by atoms with Crippen LogP contribution < -0.4 is 10.6 Å². The number of fused-ring (bicyclic) bond motifs is 3. The number of aryl methyl sites for hydroxylation is 1. The average Bonchev–Trinajstić information content (AvgIpc) is 3.37. The van der Waals surface area contributed by atoms with Crippen molar-refractivity contribution in [3.05, 3.63) is 54.2 Å². The summed E-state index contributed by atoms with van der Waals surface area (Å²) >= 11 is 1.72. The Bertz CT molecular complexity index is 1240. The summed E-state index contributed by atoms with van der Waals surface area (Å²) in [5.41, 5.74) is 10.6. The molecule has 2 aromatic heterocycles. The van der Waals surface area contributed by atoms with Crippen molar-refractivity contribution in [1.82, 2.24) is 14.3 Å². The number of hydrogen-bond acceptors (Lipinski definition) is 5. The molecular formula is C24H27N5O2S. The van der Waals surface area contributed by atoms with Crippen molar-refractivity contribution in [3.63, 3.8) is 0 Å². The molecule has 0 atom stereocenters. The van der Waals surface area contributed by atoms with E-state index in [0.29, 0.717) is 0 Å². The first kappa shape index (κ1) is 20.9. The second-order valence-corrected chi connectivity index (χ2v) is 9.19. The maximum Gasteiger partial charge on any atom is 0.318 e. The van der Waals surface area contributed by atoms with Gasteiger partial charge in [0, 0.05) is 37.6 Å². The van der Waals surface area contributed by atoms with Crippen molar-refractivity contribution in [2.45, 2.75) is 12.8 Å². The second kappa shape index (κ2) is 8.90. The Hall–Kier alpha value is -2.94. The van der Waals surface area contributed by atoms with Crippen LogP contribution in [0.25, 0.3) is 26.4 Å². The third-order valence-electron chi connectivity index (χ3n) is 6.08. The van der Waals surface area contributed by atoms with Crippen LogP contribution in [0, 0.1) is 0 Å². The van der Waals surface area contributed by atoms with Gasteiger partial charge in [-0.2, -0.15) is 0 Å². The number of urea groups is 1. The Morgan fingerprint density at radius 1 is 1.19 bits per heavy atom. The molecule has 5 rings (SSSR count). The van der Waals surface area contributed by atoms with Crippen LogP contribution in [0.1, 0.15) is 12.0 Å². The molecule has 3 heterocycles. The maximum atomic E-state index is 11.3. The van der Waals surface area contributed by atoms with E-state index in [9.17, 15) is 4.79 Å². The van der Waals surface area contributed by atoms with Crippen LogP contribution in [0.15, 0.2) is 48.7 Å². The first-order valence-electron chi connectivity index (χ1n) is 10.9. The minimum absolute atomic E-state index is 0.479. The van der Waals surface area contributed by atoms with Gasteiger partial charge in [-0.1, -0.05) is 29.5 Å². The molecule has 7 nitrogen and oxygen atoms in total. The molecule has 1 aliphatic rings. The molecule has 32 heavy (non-hydrogen) atoms. The van der Waals surface area contributed by atoms with E-state index in [1.807, 2.05) is 24.3 Å². The first-order chi connectivity index (χ1) is 15.6. The molecule has 0 saturated carbocycles. The molecule has 1 aliphatic heterocycles. The Kier molecular flexibility index (Phi) is 5.82. The number of nitrogens with zero attached hydrogens (tertiary/aromatic N) is 4. The van der Waals surface area contributed by atoms with Crippen molar-refractivity contribution in [2.75, 3.05) is 44.8 Å². The van der Waals surface area contributed by atoms with Gasteiger partial charge in [-0.25, -0.2) is 9.78 Å². The van der Waals surface area contributed by atoms with Gasteiger partial charge in [0.1, 0.15) is 0 Å². The number of rotatable bonds is 6. The highest BCUT2D eigenvalue weighted by atomic mass is 32.1. The molecule has 0 bridgehead atoms. The fraction of sp³-hybridized carbons (Fsp3) is 0.333. The highest BCUT2D eigenvalue weighted by molar-refractivity contribution is 7.23. The highest BCUT2D eigenvalue weighted by Crippen LogP contribution is 2.31. The Labute approximate surface area is 191 Å². The first-order valence-corrected chi connectivity index (χ1v) is 11.7. The summed E-state index contributed by atoms with van der Waals surface area (Å²) in [6.07, 6.45) is 4.34. The van der Waals surface area contributed by atoms with Crippen LogP contribution in [-0.2, 0) is 11.2 Å². The minimum atomic E-state index is -0.479. The van der Waals surface area contributed by atoms with Gasteiger partial charge in [0.2, 0.25) is 0 Å². The number of thiazole rings is 1. The second-order valence-electron chi connectivity index (χ2n) is 8.18. The largest absolute Gasteiger partial charge is 0.379 e. The number of carbonyl (C=O) groups excluding carboxylic acids is 1. The quantitative estimate of drug-likeness (QED) is 0.483. The summed E-state index contributed by atoms with van der Waals surface area (Å²) in [7, 11) is 1.66. The zero-order chi connectivity index (χ0) is 22.1. The van der Waals surface area contributed by atoms with Gasteiger partial charge in [0.05, 0.1) is 29.1 Å². The zero-order valence-electron chi connectivity index (χ0n) is 18.2. The van der Waals surface area contributed by atoms with Gasteiger partial charge in [0.25, 0.3) is 0 Å². The molecule has 1 saturated heterocycles. The molecule has 0 radical (unpaired) electrons. The van der Waals surface area contributed by atoms with Gasteiger partial charge in [-0.05, 0) is 49.2 Å². The molecule has 166 valence electrons. The van der Waals surface area contributed by atoms with Crippen LogP contribution in [0.2, 0.25) is 0 Å². The SMILES string of the molecule is CN(C(N)=O)c1ccc(-c2cn3c(n2)sc2cc(CCCN4CCOCC4)ccc23)cc1. The van der Waals surface area contributed by atoms with Crippen molar-refractivity contribution in [2.24, 2.45) is 5.73 Å². The monoisotopic (exact) mass is 449 g/mol. The summed E-state index contributed by atoms with van der Waals surface area (Å²) in [4.78, 5) is 21.1. The van der Waals surface area contributed by atoms with E-state index in [-0.39, 0.29) is 0 Å². The minimum Gasteiger partial charge on any atom is -0.379 e. The molecule has 2 N–H and O–H groups in total. The standard InChI is InChI=1S/C24H27N5O2S/c1-27(23(25)30)19-7-5-18(6-8-19)20-16-29-21-9-4-17(15-22(21)32-24(29)26-20)3-2-10-28-11-13-31-14-12-28/h4-9,15-16H,2-3,10-14H2,1H3,(H2,25,30).